The van der Waals surface area contributed by atoms with E-state index in [9.17, 15) is 4.79 Å². The molecule has 108 valence electrons. The number of para-hydroxylation sites is 1. The van der Waals surface area contributed by atoms with Crippen molar-refractivity contribution in [1.82, 2.24) is 4.57 Å². The summed E-state index contributed by atoms with van der Waals surface area (Å²) in [6.07, 6.45) is 1.44. The summed E-state index contributed by atoms with van der Waals surface area (Å²) in [6, 6.07) is 6.97. The van der Waals surface area contributed by atoms with Gasteiger partial charge in [0.05, 0.1) is 36.2 Å². The molecule has 2 N–H and O–H groups in total. The van der Waals surface area contributed by atoms with E-state index in [4.69, 9.17) is 32.1 Å². The van der Waals surface area contributed by atoms with Crippen LogP contribution in [0.4, 0.5) is 5.69 Å². The van der Waals surface area contributed by atoms with Crippen LogP contribution in [0.15, 0.2) is 24.4 Å². The van der Waals surface area contributed by atoms with Gasteiger partial charge in [0, 0.05) is 6.20 Å². The maximum atomic E-state index is 11.9. The lowest BCUT2D eigenvalue weighted by molar-refractivity contribution is 0.0593. The van der Waals surface area contributed by atoms with Crippen molar-refractivity contribution >= 4 is 23.3 Å². The summed E-state index contributed by atoms with van der Waals surface area (Å²) in [5.74, 6) is -0.292. The first-order valence-corrected chi connectivity index (χ1v) is 6.25. The fraction of sp³-hybridized carbons (Fsp3) is 0.143. The van der Waals surface area contributed by atoms with Crippen LogP contribution in [0, 0.1) is 11.3 Å². The number of hydrogen-bond donors (Lipinski definition) is 1. The van der Waals surface area contributed by atoms with Gasteiger partial charge in [-0.1, -0.05) is 17.7 Å². The molecule has 0 saturated heterocycles. The van der Waals surface area contributed by atoms with E-state index >= 15 is 0 Å². The molecule has 0 bridgehead atoms. The zero-order chi connectivity index (χ0) is 15.6. The molecule has 1 aromatic carbocycles. The number of ether oxygens (including phenoxy) is 2. The largest absolute Gasteiger partial charge is 0.493 e. The van der Waals surface area contributed by atoms with Crippen LogP contribution in [0.3, 0.4) is 0 Å². The number of benzene rings is 1. The number of rotatable bonds is 3. The molecule has 0 aliphatic carbocycles. The standard InChI is InChI=1S/C14H12ClN3O3/c1-20-13-9(15)4-3-5-10(13)18-7-8(6-16)11(17)12(18)14(19)21-2/h3-5,7H,17H2,1-2H3. The second-order valence-electron chi connectivity index (χ2n) is 4.07. The number of aromatic nitrogens is 1. The van der Waals surface area contributed by atoms with Gasteiger partial charge in [-0.25, -0.2) is 4.79 Å². The first-order valence-electron chi connectivity index (χ1n) is 5.87. The summed E-state index contributed by atoms with van der Waals surface area (Å²) in [5, 5.41) is 9.46. The van der Waals surface area contributed by atoms with Gasteiger partial charge in [-0.3, -0.25) is 0 Å². The molecule has 1 heterocycles. The van der Waals surface area contributed by atoms with Gasteiger partial charge in [-0.05, 0) is 12.1 Å². The molecule has 0 saturated carbocycles. The van der Waals surface area contributed by atoms with Crippen LogP contribution in [0.2, 0.25) is 5.02 Å². The van der Waals surface area contributed by atoms with E-state index in [0.717, 1.165) is 0 Å². The molecule has 0 fully saturated rings. The van der Waals surface area contributed by atoms with Crippen molar-refractivity contribution in [3.8, 4) is 17.5 Å². The lowest BCUT2D eigenvalue weighted by Crippen LogP contribution is -2.11. The third-order valence-electron chi connectivity index (χ3n) is 2.95. The van der Waals surface area contributed by atoms with Crippen LogP contribution in [0.25, 0.3) is 5.69 Å². The number of esters is 1. The van der Waals surface area contributed by atoms with Crippen molar-refractivity contribution in [2.75, 3.05) is 20.0 Å². The lowest BCUT2D eigenvalue weighted by Gasteiger charge is -2.13. The predicted octanol–water partition coefficient (Wildman–Crippen LogP) is 2.38. The Kier molecular flexibility index (Phi) is 4.05. The molecular weight excluding hydrogens is 294 g/mol. The average Bonchev–Trinajstić information content (AvgIpc) is 2.82. The van der Waals surface area contributed by atoms with Crippen LogP contribution in [-0.4, -0.2) is 24.8 Å². The minimum absolute atomic E-state index is 0.0476. The van der Waals surface area contributed by atoms with Gasteiger partial charge in [0.25, 0.3) is 0 Å². The second kappa shape index (κ2) is 5.77. The fourth-order valence-electron chi connectivity index (χ4n) is 1.99. The molecule has 21 heavy (non-hydrogen) atoms. The minimum atomic E-state index is -0.656. The highest BCUT2D eigenvalue weighted by molar-refractivity contribution is 6.32. The Morgan fingerprint density at radius 3 is 2.71 bits per heavy atom. The molecule has 6 nitrogen and oxygen atoms in total. The van der Waals surface area contributed by atoms with E-state index in [1.54, 1.807) is 18.2 Å². The van der Waals surface area contributed by atoms with Crippen molar-refractivity contribution in [3.05, 3.63) is 40.7 Å². The Hall–Kier alpha value is -2.65. The Morgan fingerprint density at radius 2 is 2.14 bits per heavy atom. The van der Waals surface area contributed by atoms with E-state index in [2.05, 4.69) is 0 Å². The second-order valence-corrected chi connectivity index (χ2v) is 4.48. The van der Waals surface area contributed by atoms with Crippen molar-refractivity contribution in [3.63, 3.8) is 0 Å². The molecule has 0 spiro atoms. The van der Waals surface area contributed by atoms with Crippen LogP contribution in [0.5, 0.6) is 5.75 Å². The van der Waals surface area contributed by atoms with Crippen molar-refractivity contribution in [2.24, 2.45) is 0 Å². The summed E-state index contributed by atoms with van der Waals surface area (Å²) in [5.41, 5.74) is 6.59. The maximum Gasteiger partial charge on any atom is 0.357 e. The smallest absolute Gasteiger partial charge is 0.357 e. The van der Waals surface area contributed by atoms with E-state index in [-0.39, 0.29) is 16.9 Å². The number of nitrogen functional groups attached to an aromatic ring is 1. The van der Waals surface area contributed by atoms with Crippen molar-refractivity contribution in [2.45, 2.75) is 0 Å². The van der Waals surface area contributed by atoms with Gasteiger partial charge in [0.15, 0.2) is 11.4 Å². The van der Waals surface area contributed by atoms with Crippen LogP contribution in [-0.2, 0) is 4.74 Å². The first-order chi connectivity index (χ1) is 10.0. The number of nitriles is 1. The molecule has 2 rings (SSSR count). The number of carbonyl (C=O) groups is 1. The van der Waals surface area contributed by atoms with E-state index < -0.39 is 5.97 Å². The van der Waals surface area contributed by atoms with Crippen LogP contribution in [0.1, 0.15) is 16.1 Å². The molecule has 0 atom stereocenters. The number of anilines is 1. The number of nitrogens with zero attached hydrogens (tertiary/aromatic N) is 2. The number of hydrogen-bond acceptors (Lipinski definition) is 5. The average molecular weight is 306 g/mol. The summed E-state index contributed by atoms with van der Waals surface area (Å²) in [4.78, 5) is 11.9. The predicted molar refractivity (Wildman–Crippen MR) is 77.8 cm³/mol. The molecule has 7 heteroatoms. The zero-order valence-corrected chi connectivity index (χ0v) is 12.1. The highest BCUT2D eigenvalue weighted by Crippen LogP contribution is 2.34. The zero-order valence-electron chi connectivity index (χ0n) is 11.4. The summed E-state index contributed by atoms with van der Waals surface area (Å²) in [6.45, 7) is 0. The van der Waals surface area contributed by atoms with Gasteiger partial charge >= 0.3 is 5.97 Å². The quantitative estimate of drug-likeness (QED) is 0.879. The van der Waals surface area contributed by atoms with Crippen LogP contribution >= 0.6 is 11.6 Å². The van der Waals surface area contributed by atoms with Crippen LogP contribution < -0.4 is 10.5 Å². The van der Waals surface area contributed by atoms with E-state index in [1.165, 1.54) is 25.0 Å². The lowest BCUT2D eigenvalue weighted by atomic mass is 10.2. The number of carbonyl (C=O) groups excluding carboxylic acids is 1. The first kappa shape index (κ1) is 14.8. The number of nitrogens with two attached hydrogens (primary N) is 1. The molecule has 1 aromatic heterocycles. The van der Waals surface area contributed by atoms with Gasteiger partial charge < -0.3 is 19.8 Å². The maximum absolute atomic E-state index is 11.9. The molecule has 0 aliphatic heterocycles. The SMILES string of the molecule is COC(=O)c1c(N)c(C#N)cn1-c1cccc(Cl)c1OC. The Balaban J connectivity index is 2.79. The fourth-order valence-corrected chi connectivity index (χ4v) is 2.24. The topological polar surface area (TPSA) is 90.3 Å². The summed E-state index contributed by atoms with van der Waals surface area (Å²) < 4.78 is 11.4. The van der Waals surface area contributed by atoms with Gasteiger partial charge in [-0.2, -0.15) is 5.26 Å². The molecule has 0 amide bonds. The summed E-state index contributed by atoms with van der Waals surface area (Å²) in [7, 11) is 2.70. The van der Waals surface area contributed by atoms with E-state index in [0.29, 0.717) is 16.5 Å². The van der Waals surface area contributed by atoms with Gasteiger partial charge in [0.1, 0.15) is 6.07 Å². The van der Waals surface area contributed by atoms with Gasteiger partial charge in [-0.15, -0.1) is 0 Å². The molecule has 2 aromatic rings. The van der Waals surface area contributed by atoms with Crippen molar-refractivity contribution in [1.29, 1.82) is 5.26 Å². The summed E-state index contributed by atoms with van der Waals surface area (Å²) >= 11 is 6.07. The van der Waals surface area contributed by atoms with Crippen molar-refractivity contribution < 1.29 is 14.3 Å². The normalized spacial score (nSPS) is 10.0. The Morgan fingerprint density at radius 1 is 1.43 bits per heavy atom. The Bertz CT molecular complexity index is 747. The highest BCUT2D eigenvalue weighted by atomic mass is 35.5. The van der Waals surface area contributed by atoms with Gasteiger partial charge in [0.2, 0.25) is 0 Å². The molecule has 0 radical (unpaired) electrons. The minimum Gasteiger partial charge on any atom is -0.493 e. The highest BCUT2D eigenvalue weighted by Gasteiger charge is 2.23. The third kappa shape index (κ3) is 2.39. The number of halogens is 1. The molecule has 0 aliphatic rings. The molecular formula is C14H12ClN3O3. The van der Waals surface area contributed by atoms with E-state index in [1.807, 2.05) is 6.07 Å². The third-order valence-corrected chi connectivity index (χ3v) is 3.25. The monoisotopic (exact) mass is 305 g/mol. The Labute approximate surface area is 126 Å². The molecule has 0 unspecified atom stereocenters. The number of methoxy groups -OCH3 is 2.